The Labute approximate surface area is 152 Å². The van der Waals surface area contributed by atoms with Gasteiger partial charge in [-0.05, 0) is 23.5 Å². The monoisotopic (exact) mass is 354 g/mol. The molecule has 0 spiro atoms. The third-order valence-corrected chi connectivity index (χ3v) is 6.14. The van der Waals surface area contributed by atoms with Crippen LogP contribution in [0.15, 0.2) is 48.4 Å². The molecule has 1 aromatic carbocycles. The number of fused-ring (bicyclic) bond motifs is 1. The van der Waals surface area contributed by atoms with E-state index in [9.17, 15) is 4.79 Å². The molecule has 0 saturated carbocycles. The van der Waals surface area contributed by atoms with Crippen LogP contribution in [0.25, 0.3) is 0 Å². The maximum atomic E-state index is 12.7. The first kappa shape index (κ1) is 16.4. The fraction of sp³-hybridized carbons (Fsp3) is 0.421. The Kier molecular flexibility index (Phi) is 4.39. The predicted octanol–water partition coefficient (Wildman–Crippen LogP) is 2.44. The lowest BCUT2D eigenvalue weighted by atomic mass is 9.68. The largest absolute Gasteiger partial charge is 0.337 e. The van der Waals surface area contributed by atoms with Gasteiger partial charge in [-0.15, -0.1) is 11.7 Å². The SMILES string of the molecule is C=CCN1C[C@@H]2CN(C(=O)c3csnn3)CC[C@@]2(c2ccccc2)C1. The number of hydrogen-bond acceptors (Lipinski definition) is 5. The summed E-state index contributed by atoms with van der Waals surface area (Å²) in [5.41, 5.74) is 1.99. The van der Waals surface area contributed by atoms with Crippen LogP contribution >= 0.6 is 11.5 Å². The van der Waals surface area contributed by atoms with Crippen LogP contribution in [0.5, 0.6) is 0 Å². The Morgan fingerprint density at radius 2 is 2.20 bits per heavy atom. The molecule has 0 unspecified atom stereocenters. The number of rotatable bonds is 4. The molecule has 25 heavy (non-hydrogen) atoms. The van der Waals surface area contributed by atoms with Crippen molar-refractivity contribution in [1.82, 2.24) is 19.4 Å². The van der Waals surface area contributed by atoms with Crippen molar-refractivity contribution in [2.45, 2.75) is 11.8 Å². The molecule has 2 fully saturated rings. The molecule has 5 nitrogen and oxygen atoms in total. The highest BCUT2D eigenvalue weighted by atomic mass is 32.1. The van der Waals surface area contributed by atoms with Gasteiger partial charge >= 0.3 is 0 Å². The van der Waals surface area contributed by atoms with Gasteiger partial charge in [-0.25, -0.2) is 0 Å². The molecule has 0 aliphatic carbocycles. The van der Waals surface area contributed by atoms with E-state index in [2.05, 4.69) is 51.4 Å². The summed E-state index contributed by atoms with van der Waals surface area (Å²) in [7, 11) is 0. The lowest BCUT2D eigenvalue weighted by Gasteiger charge is -2.44. The second kappa shape index (κ2) is 6.69. The zero-order chi connectivity index (χ0) is 17.3. The number of piperidine rings is 1. The van der Waals surface area contributed by atoms with Gasteiger partial charge in [0.2, 0.25) is 0 Å². The van der Waals surface area contributed by atoms with Gasteiger partial charge in [0.1, 0.15) is 0 Å². The first-order valence-corrected chi connectivity index (χ1v) is 9.52. The van der Waals surface area contributed by atoms with E-state index >= 15 is 0 Å². The summed E-state index contributed by atoms with van der Waals surface area (Å²) in [5, 5.41) is 5.69. The Hall–Kier alpha value is -2.05. The summed E-state index contributed by atoms with van der Waals surface area (Å²) in [4.78, 5) is 17.1. The minimum Gasteiger partial charge on any atom is -0.337 e. The molecule has 2 aromatic rings. The number of aromatic nitrogens is 2. The molecule has 4 rings (SSSR count). The highest BCUT2D eigenvalue weighted by Crippen LogP contribution is 2.45. The molecule has 1 aromatic heterocycles. The number of carbonyl (C=O) groups excluding carboxylic acids is 1. The van der Waals surface area contributed by atoms with Crippen molar-refractivity contribution in [3.8, 4) is 0 Å². The van der Waals surface area contributed by atoms with Crippen LogP contribution in [0.4, 0.5) is 0 Å². The lowest BCUT2D eigenvalue weighted by Crippen LogP contribution is -2.51. The minimum absolute atomic E-state index is 0.0117. The molecule has 3 heterocycles. The summed E-state index contributed by atoms with van der Waals surface area (Å²) in [6.07, 6.45) is 2.96. The highest BCUT2D eigenvalue weighted by Gasteiger charge is 2.50. The maximum Gasteiger partial charge on any atom is 0.275 e. The molecule has 2 aliphatic rings. The molecule has 2 atom stereocenters. The quantitative estimate of drug-likeness (QED) is 0.792. The van der Waals surface area contributed by atoms with E-state index in [1.54, 1.807) is 5.38 Å². The summed E-state index contributed by atoms with van der Waals surface area (Å²) in [6, 6.07) is 10.8. The second-order valence-corrected chi connectivity index (χ2v) is 7.60. The Balaban J connectivity index is 1.61. The van der Waals surface area contributed by atoms with Gasteiger partial charge in [0.15, 0.2) is 5.69 Å². The van der Waals surface area contributed by atoms with Gasteiger partial charge in [0, 0.05) is 49.4 Å². The first-order valence-electron chi connectivity index (χ1n) is 8.68. The van der Waals surface area contributed by atoms with Crippen molar-refractivity contribution in [3.63, 3.8) is 0 Å². The van der Waals surface area contributed by atoms with E-state index < -0.39 is 0 Å². The first-order chi connectivity index (χ1) is 12.2. The Bertz CT molecular complexity index is 748. The van der Waals surface area contributed by atoms with Crippen molar-refractivity contribution in [3.05, 3.63) is 59.6 Å². The number of nitrogens with zero attached hydrogens (tertiary/aromatic N) is 4. The number of carbonyl (C=O) groups is 1. The summed E-state index contributed by atoms with van der Waals surface area (Å²) < 4.78 is 3.83. The third kappa shape index (κ3) is 2.89. The molecular formula is C19H22N4OS. The topological polar surface area (TPSA) is 49.3 Å². The molecule has 2 saturated heterocycles. The molecule has 1 amide bonds. The van der Waals surface area contributed by atoms with Crippen LogP contribution in [0, 0.1) is 5.92 Å². The van der Waals surface area contributed by atoms with Crippen LogP contribution in [-0.4, -0.2) is 58.0 Å². The fourth-order valence-electron chi connectivity index (χ4n) is 4.45. The van der Waals surface area contributed by atoms with E-state index in [4.69, 9.17) is 0 Å². The average Bonchev–Trinajstić information content (AvgIpc) is 3.29. The van der Waals surface area contributed by atoms with Gasteiger partial charge in [-0.3, -0.25) is 9.69 Å². The summed E-state index contributed by atoms with van der Waals surface area (Å²) >= 11 is 1.23. The van der Waals surface area contributed by atoms with Crippen molar-refractivity contribution in [2.75, 3.05) is 32.7 Å². The van der Waals surface area contributed by atoms with Crippen molar-refractivity contribution >= 4 is 17.4 Å². The molecule has 0 bridgehead atoms. The van der Waals surface area contributed by atoms with E-state index in [-0.39, 0.29) is 11.3 Å². The number of amides is 1. The molecule has 130 valence electrons. The van der Waals surface area contributed by atoms with Gasteiger partial charge < -0.3 is 4.90 Å². The van der Waals surface area contributed by atoms with Gasteiger partial charge in [-0.1, -0.05) is 40.9 Å². The summed E-state index contributed by atoms with van der Waals surface area (Å²) in [5.74, 6) is 0.441. The Morgan fingerprint density at radius 3 is 2.92 bits per heavy atom. The molecule has 2 aliphatic heterocycles. The smallest absolute Gasteiger partial charge is 0.275 e. The van der Waals surface area contributed by atoms with E-state index in [0.29, 0.717) is 11.6 Å². The lowest BCUT2D eigenvalue weighted by molar-refractivity contribution is 0.0597. The fourth-order valence-corrected chi connectivity index (χ4v) is 4.88. The summed E-state index contributed by atoms with van der Waals surface area (Å²) in [6.45, 7) is 8.37. The van der Waals surface area contributed by atoms with Gasteiger partial charge in [0.25, 0.3) is 5.91 Å². The van der Waals surface area contributed by atoms with E-state index in [1.165, 1.54) is 17.1 Å². The number of hydrogen-bond donors (Lipinski definition) is 0. The second-order valence-electron chi connectivity index (χ2n) is 6.99. The Morgan fingerprint density at radius 1 is 1.36 bits per heavy atom. The third-order valence-electron chi connectivity index (χ3n) is 5.64. The normalized spacial score (nSPS) is 26.4. The molecule has 0 N–H and O–H groups in total. The molecule has 0 radical (unpaired) electrons. The average molecular weight is 354 g/mol. The van der Waals surface area contributed by atoms with Crippen molar-refractivity contribution < 1.29 is 4.79 Å². The number of likely N-dealkylation sites (tertiary alicyclic amines) is 2. The van der Waals surface area contributed by atoms with Gasteiger partial charge in [0.05, 0.1) is 0 Å². The van der Waals surface area contributed by atoms with Gasteiger partial charge in [-0.2, -0.15) is 0 Å². The van der Waals surface area contributed by atoms with Crippen LogP contribution < -0.4 is 0 Å². The van der Waals surface area contributed by atoms with E-state index in [0.717, 1.165) is 39.1 Å². The molecular weight excluding hydrogens is 332 g/mol. The zero-order valence-electron chi connectivity index (χ0n) is 14.2. The van der Waals surface area contributed by atoms with Crippen LogP contribution in [-0.2, 0) is 5.41 Å². The van der Waals surface area contributed by atoms with Crippen molar-refractivity contribution in [1.29, 1.82) is 0 Å². The number of benzene rings is 1. The zero-order valence-corrected chi connectivity index (χ0v) is 15.0. The van der Waals surface area contributed by atoms with Crippen LogP contribution in [0.2, 0.25) is 0 Å². The van der Waals surface area contributed by atoms with E-state index in [1.807, 2.05) is 11.0 Å². The highest BCUT2D eigenvalue weighted by molar-refractivity contribution is 7.03. The van der Waals surface area contributed by atoms with Crippen LogP contribution in [0.1, 0.15) is 22.5 Å². The maximum absolute atomic E-state index is 12.7. The molecule has 6 heteroatoms. The predicted molar refractivity (Wildman–Crippen MR) is 98.7 cm³/mol. The van der Waals surface area contributed by atoms with Crippen LogP contribution in [0.3, 0.4) is 0 Å². The minimum atomic E-state index is 0.0117. The standard InChI is InChI=1S/C19H22N4OS/c1-2-9-22-11-16-12-23(18(24)17-13-25-21-20-17)10-8-19(16,14-22)15-6-4-3-5-7-15/h2-7,13,16H,1,8-12,14H2/t16-,19+/m1/s1. The van der Waals surface area contributed by atoms with Crippen molar-refractivity contribution in [2.24, 2.45) is 5.92 Å².